The summed E-state index contributed by atoms with van der Waals surface area (Å²) in [6.07, 6.45) is 3.00. The van der Waals surface area contributed by atoms with E-state index in [9.17, 15) is 22.0 Å². The van der Waals surface area contributed by atoms with Gasteiger partial charge in [0, 0.05) is 36.1 Å². The normalized spacial score (nSPS) is 17.2. The molecule has 1 saturated carbocycles. The van der Waals surface area contributed by atoms with Crippen LogP contribution < -0.4 is 4.74 Å². The molecule has 0 N–H and O–H groups in total. The van der Waals surface area contributed by atoms with Gasteiger partial charge in [-0.15, -0.1) is 0 Å². The highest BCUT2D eigenvalue weighted by Crippen LogP contribution is 2.35. The first-order valence-electron chi connectivity index (χ1n) is 12.0. The van der Waals surface area contributed by atoms with E-state index in [1.807, 2.05) is 20.8 Å². The van der Waals surface area contributed by atoms with Gasteiger partial charge in [0.2, 0.25) is 5.92 Å². The fraction of sp³-hybridized carbons (Fsp3) is 0.708. The highest BCUT2D eigenvalue weighted by Gasteiger charge is 2.38. The maximum atomic E-state index is 13.6. The van der Waals surface area contributed by atoms with Gasteiger partial charge in [0.1, 0.15) is 10.6 Å². The van der Waals surface area contributed by atoms with Crippen LogP contribution in [0.4, 0.5) is 13.6 Å². The fourth-order valence-corrected chi connectivity index (χ4v) is 5.01. The van der Waals surface area contributed by atoms with Crippen LogP contribution in [0.15, 0.2) is 23.1 Å². The second kappa shape index (κ2) is 12.9. The number of alkyl halides is 2. The Kier molecular flexibility index (Phi) is 10.9. The molecule has 1 aromatic carbocycles. The number of carbonyl (C=O) groups is 1. The topological polar surface area (TPSA) is 72.9 Å². The van der Waals surface area contributed by atoms with Gasteiger partial charge in [0.05, 0.1) is 12.7 Å². The van der Waals surface area contributed by atoms with Crippen LogP contribution in [0.1, 0.15) is 77.2 Å². The molecule has 194 valence electrons. The molecule has 1 aliphatic rings. The van der Waals surface area contributed by atoms with Crippen LogP contribution in [0.3, 0.4) is 0 Å². The molecule has 2 rings (SSSR count). The third-order valence-corrected chi connectivity index (χ3v) is 7.40. The zero-order valence-corrected chi connectivity index (χ0v) is 21.8. The van der Waals surface area contributed by atoms with Gasteiger partial charge in [-0.2, -0.15) is 0 Å². The highest BCUT2D eigenvalue weighted by atomic mass is 35.7. The van der Waals surface area contributed by atoms with Crippen molar-refractivity contribution in [3.63, 3.8) is 0 Å². The van der Waals surface area contributed by atoms with E-state index in [-0.39, 0.29) is 48.5 Å². The second-order valence-electron chi connectivity index (χ2n) is 9.06. The molecule has 1 amide bonds. The Morgan fingerprint density at radius 1 is 1.24 bits per heavy atom. The number of rotatable bonds is 12. The molecule has 34 heavy (non-hydrogen) atoms. The summed E-state index contributed by atoms with van der Waals surface area (Å²) in [5.74, 6) is -2.45. The zero-order chi connectivity index (χ0) is 25.4. The summed E-state index contributed by atoms with van der Waals surface area (Å²) < 4.78 is 62.1. The van der Waals surface area contributed by atoms with Gasteiger partial charge < -0.3 is 14.4 Å². The molecule has 0 bridgehead atoms. The number of benzene rings is 1. The number of halogens is 3. The van der Waals surface area contributed by atoms with Crippen molar-refractivity contribution in [2.24, 2.45) is 0 Å². The molecule has 0 aliphatic heterocycles. The third-order valence-electron chi connectivity index (χ3n) is 6.04. The minimum Gasteiger partial charge on any atom is -0.489 e. The van der Waals surface area contributed by atoms with E-state index in [4.69, 9.17) is 20.2 Å². The van der Waals surface area contributed by atoms with E-state index in [0.717, 1.165) is 18.4 Å². The molecule has 0 unspecified atom stereocenters. The quantitative estimate of drug-likeness (QED) is 0.226. The molecule has 0 heterocycles. The van der Waals surface area contributed by atoms with Crippen LogP contribution in [-0.4, -0.2) is 50.6 Å². The van der Waals surface area contributed by atoms with Crippen molar-refractivity contribution >= 4 is 25.8 Å². The van der Waals surface area contributed by atoms with E-state index in [1.165, 1.54) is 6.07 Å². The molecule has 1 aromatic rings. The molecule has 0 aromatic heterocycles. The fourth-order valence-electron chi connectivity index (χ4n) is 4.04. The monoisotopic (exact) mass is 523 g/mol. The van der Waals surface area contributed by atoms with E-state index in [2.05, 4.69) is 0 Å². The minimum absolute atomic E-state index is 0.0679. The van der Waals surface area contributed by atoms with E-state index < -0.39 is 21.1 Å². The molecule has 0 spiro atoms. The lowest BCUT2D eigenvalue weighted by Gasteiger charge is -2.36. The molecule has 0 radical (unpaired) electrons. The number of nitrogens with zero attached hydrogens (tertiary/aromatic N) is 1. The Bertz CT molecular complexity index is 903. The molecular formula is C24H36ClF2NO5S. The highest BCUT2D eigenvalue weighted by molar-refractivity contribution is 8.13. The van der Waals surface area contributed by atoms with Crippen LogP contribution in [0, 0.1) is 6.92 Å². The van der Waals surface area contributed by atoms with Gasteiger partial charge in [-0.25, -0.2) is 22.0 Å². The van der Waals surface area contributed by atoms with Gasteiger partial charge in [0.15, 0.2) is 0 Å². The largest absolute Gasteiger partial charge is 0.489 e. The molecule has 1 fully saturated rings. The molecule has 6 nitrogen and oxygen atoms in total. The van der Waals surface area contributed by atoms with Crippen molar-refractivity contribution in [3.05, 3.63) is 23.8 Å². The van der Waals surface area contributed by atoms with E-state index in [0.29, 0.717) is 32.4 Å². The number of ether oxygens (including phenoxy) is 2. The zero-order valence-electron chi connectivity index (χ0n) is 20.2. The summed E-state index contributed by atoms with van der Waals surface area (Å²) >= 11 is 0. The molecule has 10 heteroatoms. The Balaban J connectivity index is 1.91. The first-order valence-corrected chi connectivity index (χ1v) is 14.3. The minimum atomic E-state index is -3.94. The van der Waals surface area contributed by atoms with Crippen molar-refractivity contribution in [2.75, 3.05) is 13.2 Å². The SMILES string of the molecule is CCCCOC(=O)N(CCCC[C@H](C)Oc1cc(C)ccc1S(=O)(=O)Cl)C1CCC(F)(F)CC1. The van der Waals surface area contributed by atoms with Gasteiger partial charge >= 0.3 is 6.09 Å². The first kappa shape index (κ1) is 28.6. The van der Waals surface area contributed by atoms with Gasteiger partial charge in [-0.1, -0.05) is 19.4 Å². The Hall–Kier alpha value is -1.61. The summed E-state index contributed by atoms with van der Waals surface area (Å²) in [4.78, 5) is 14.2. The Morgan fingerprint density at radius 2 is 1.91 bits per heavy atom. The van der Waals surface area contributed by atoms with Gasteiger partial charge in [-0.05, 0) is 70.1 Å². The average Bonchev–Trinajstić information content (AvgIpc) is 2.73. The summed E-state index contributed by atoms with van der Waals surface area (Å²) in [6, 6.07) is 4.47. The van der Waals surface area contributed by atoms with Crippen LogP contribution in [-0.2, 0) is 13.8 Å². The maximum absolute atomic E-state index is 13.6. The Morgan fingerprint density at radius 3 is 2.53 bits per heavy atom. The van der Waals surface area contributed by atoms with Crippen LogP contribution in [0.2, 0.25) is 0 Å². The van der Waals surface area contributed by atoms with Crippen molar-refractivity contribution in [1.82, 2.24) is 4.90 Å². The maximum Gasteiger partial charge on any atom is 0.410 e. The predicted molar refractivity (Wildman–Crippen MR) is 128 cm³/mol. The third kappa shape index (κ3) is 9.21. The van der Waals surface area contributed by atoms with Gasteiger partial charge in [0.25, 0.3) is 9.05 Å². The standard InChI is InChI=1S/C24H36ClF2NO5S/c1-4-5-16-32-23(29)28(20-11-13-24(26,27)14-12-20)15-7-6-8-19(3)33-21-17-18(2)9-10-22(21)34(25,30)31/h9-10,17,19-20H,4-8,11-16H2,1-3H3/t19-/m0/s1. The second-order valence-corrected chi connectivity index (χ2v) is 11.6. The number of hydrogen-bond acceptors (Lipinski definition) is 5. The predicted octanol–water partition coefficient (Wildman–Crippen LogP) is 6.68. The van der Waals surface area contributed by atoms with E-state index in [1.54, 1.807) is 17.0 Å². The van der Waals surface area contributed by atoms with Crippen LogP contribution in [0.25, 0.3) is 0 Å². The Labute approximate surface area is 206 Å². The van der Waals surface area contributed by atoms with Gasteiger partial charge in [-0.3, -0.25) is 0 Å². The number of carbonyl (C=O) groups excluding carboxylic acids is 1. The van der Waals surface area contributed by atoms with Crippen molar-refractivity contribution in [2.45, 2.75) is 102 Å². The number of amides is 1. The van der Waals surface area contributed by atoms with Crippen LogP contribution in [0.5, 0.6) is 5.75 Å². The van der Waals surface area contributed by atoms with Crippen molar-refractivity contribution in [1.29, 1.82) is 0 Å². The first-order chi connectivity index (χ1) is 15.9. The number of aryl methyl sites for hydroxylation is 1. The van der Waals surface area contributed by atoms with Crippen molar-refractivity contribution in [3.8, 4) is 5.75 Å². The summed E-state index contributed by atoms with van der Waals surface area (Å²) in [5, 5.41) is 0. The lowest BCUT2D eigenvalue weighted by molar-refractivity contribution is -0.0529. The number of hydrogen-bond donors (Lipinski definition) is 0. The molecule has 1 aliphatic carbocycles. The lowest BCUT2D eigenvalue weighted by atomic mass is 9.91. The average molecular weight is 524 g/mol. The van der Waals surface area contributed by atoms with Crippen molar-refractivity contribution < 1.29 is 31.5 Å². The number of unbranched alkanes of at least 4 members (excludes halogenated alkanes) is 2. The molecular weight excluding hydrogens is 488 g/mol. The summed E-state index contributed by atoms with van der Waals surface area (Å²) in [6.45, 7) is 6.41. The molecule has 0 saturated heterocycles. The smallest absolute Gasteiger partial charge is 0.410 e. The lowest BCUT2D eigenvalue weighted by Crippen LogP contribution is -2.45. The van der Waals surface area contributed by atoms with E-state index >= 15 is 0 Å². The summed E-state index contributed by atoms with van der Waals surface area (Å²) in [5.41, 5.74) is 0.849. The van der Waals surface area contributed by atoms with Crippen LogP contribution >= 0.6 is 10.7 Å². The summed E-state index contributed by atoms with van der Waals surface area (Å²) in [7, 11) is 1.59. The molecule has 1 atom stereocenters.